The molecule has 0 aliphatic heterocycles. The number of aromatic amines is 1. The van der Waals surface area contributed by atoms with Crippen molar-refractivity contribution in [3.8, 4) is 17.1 Å². The van der Waals surface area contributed by atoms with E-state index in [-0.39, 0.29) is 11.4 Å². The Balaban J connectivity index is 1.58. The van der Waals surface area contributed by atoms with Crippen molar-refractivity contribution in [2.75, 3.05) is 7.11 Å². The summed E-state index contributed by atoms with van der Waals surface area (Å²) in [6.07, 6.45) is 6.94. The molecule has 1 fully saturated rings. The minimum absolute atomic E-state index is 0.146. The fraction of sp³-hybridized carbons (Fsp3) is 0.318. The van der Waals surface area contributed by atoms with Gasteiger partial charge in [0.15, 0.2) is 0 Å². The van der Waals surface area contributed by atoms with Gasteiger partial charge in [-0.15, -0.1) is 0 Å². The van der Waals surface area contributed by atoms with Gasteiger partial charge < -0.3 is 10.1 Å². The van der Waals surface area contributed by atoms with Crippen LogP contribution < -0.4 is 10.1 Å². The van der Waals surface area contributed by atoms with Crippen LogP contribution in [0.4, 0.5) is 0 Å². The van der Waals surface area contributed by atoms with Crippen LogP contribution in [0.1, 0.15) is 48.2 Å². The fourth-order valence-electron chi connectivity index (χ4n) is 3.92. The summed E-state index contributed by atoms with van der Waals surface area (Å²) in [7, 11) is 1.66. The zero-order chi connectivity index (χ0) is 19.4. The Morgan fingerprint density at radius 3 is 2.54 bits per heavy atom. The molecule has 2 aromatic heterocycles. The highest BCUT2D eigenvalue weighted by molar-refractivity contribution is 5.93. The second-order valence-electron chi connectivity index (χ2n) is 7.21. The molecule has 28 heavy (non-hydrogen) atoms. The first kappa shape index (κ1) is 18.2. The molecule has 0 radical (unpaired) electrons. The topological polar surface area (TPSA) is 79.9 Å². The summed E-state index contributed by atoms with van der Waals surface area (Å²) in [5.41, 5.74) is 2.59. The van der Waals surface area contributed by atoms with Crippen LogP contribution in [0.3, 0.4) is 0 Å². The van der Waals surface area contributed by atoms with Gasteiger partial charge in [-0.1, -0.05) is 37.5 Å². The summed E-state index contributed by atoms with van der Waals surface area (Å²) in [4.78, 5) is 17.3. The number of nitrogens with zero attached hydrogens (tertiary/aromatic N) is 2. The van der Waals surface area contributed by atoms with Crippen LogP contribution >= 0.6 is 0 Å². The van der Waals surface area contributed by atoms with E-state index in [1.807, 2.05) is 30.3 Å². The molecule has 4 rings (SSSR count). The second kappa shape index (κ2) is 7.84. The summed E-state index contributed by atoms with van der Waals surface area (Å²) in [5.74, 6) is 0.669. The average Bonchev–Trinajstić information content (AvgIpc) is 3.26. The predicted octanol–water partition coefficient (Wildman–Crippen LogP) is 4.07. The molecule has 144 valence electrons. The third kappa shape index (κ3) is 3.63. The lowest BCUT2D eigenvalue weighted by Gasteiger charge is -2.38. The predicted molar refractivity (Wildman–Crippen MR) is 107 cm³/mol. The number of aromatic nitrogens is 3. The van der Waals surface area contributed by atoms with Crippen LogP contribution in [0.15, 0.2) is 54.7 Å². The van der Waals surface area contributed by atoms with Gasteiger partial charge in [-0.2, -0.15) is 5.10 Å². The quantitative estimate of drug-likeness (QED) is 0.703. The number of hydrogen-bond donors (Lipinski definition) is 2. The van der Waals surface area contributed by atoms with E-state index >= 15 is 0 Å². The molecule has 0 atom stereocenters. The lowest BCUT2D eigenvalue weighted by molar-refractivity contribution is 0.0861. The van der Waals surface area contributed by atoms with E-state index in [0.717, 1.165) is 42.7 Å². The molecule has 1 aliphatic carbocycles. The van der Waals surface area contributed by atoms with Crippen molar-refractivity contribution in [3.63, 3.8) is 0 Å². The molecule has 2 N–H and O–H groups in total. The first-order chi connectivity index (χ1) is 13.7. The molecule has 6 nitrogen and oxygen atoms in total. The Kier molecular flexibility index (Phi) is 5.10. The zero-order valence-corrected chi connectivity index (χ0v) is 15.9. The largest absolute Gasteiger partial charge is 0.497 e. The maximum Gasteiger partial charge on any atom is 0.270 e. The maximum absolute atomic E-state index is 13.0. The lowest BCUT2D eigenvalue weighted by atomic mass is 9.76. The number of hydrogen-bond acceptors (Lipinski definition) is 4. The minimum Gasteiger partial charge on any atom is -0.497 e. The van der Waals surface area contributed by atoms with Crippen LogP contribution in [0.5, 0.6) is 5.75 Å². The maximum atomic E-state index is 13.0. The van der Waals surface area contributed by atoms with Crippen LogP contribution in [-0.4, -0.2) is 28.2 Å². The third-order valence-electron chi connectivity index (χ3n) is 5.45. The number of nitrogens with one attached hydrogen (secondary N) is 2. The molecule has 0 spiro atoms. The van der Waals surface area contributed by atoms with E-state index in [0.29, 0.717) is 11.4 Å². The highest BCUT2D eigenvalue weighted by atomic mass is 16.5. The van der Waals surface area contributed by atoms with Crippen molar-refractivity contribution in [1.29, 1.82) is 0 Å². The molecule has 3 aromatic rings. The van der Waals surface area contributed by atoms with E-state index in [2.05, 4.69) is 32.6 Å². The summed E-state index contributed by atoms with van der Waals surface area (Å²) in [6, 6.07) is 15.4. The van der Waals surface area contributed by atoms with Gasteiger partial charge >= 0.3 is 0 Å². The van der Waals surface area contributed by atoms with Crippen molar-refractivity contribution in [1.82, 2.24) is 20.5 Å². The third-order valence-corrected chi connectivity index (χ3v) is 5.45. The van der Waals surface area contributed by atoms with E-state index in [4.69, 9.17) is 4.74 Å². The van der Waals surface area contributed by atoms with Crippen molar-refractivity contribution in [2.45, 2.75) is 37.6 Å². The van der Waals surface area contributed by atoms with E-state index < -0.39 is 0 Å². The van der Waals surface area contributed by atoms with Gasteiger partial charge in [-0.3, -0.25) is 14.9 Å². The number of ether oxygens (including phenoxy) is 1. The van der Waals surface area contributed by atoms with Crippen molar-refractivity contribution in [3.05, 3.63) is 66.0 Å². The fourth-order valence-corrected chi connectivity index (χ4v) is 3.92. The Morgan fingerprint density at radius 1 is 1.07 bits per heavy atom. The molecular formula is C22H24N4O2. The van der Waals surface area contributed by atoms with Crippen LogP contribution in [0, 0.1) is 0 Å². The normalized spacial score (nSPS) is 15.8. The summed E-state index contributed by atoms with van der Waals surface area (Å²) in [6.45, 7) is 0. The van der Waals surface area contributed by atoms with Gasteiger partial charge in [0.2, 0.25) is 0 Å². The summed E-state index contributed by atoms with van der Waals surface area (Å²) >= 11 is 0. The summed E-state index contributed by atoms with van der Waals surface area (Å²) < 4.78 is 5.28. The first-order valence-corrected chi connectivity index (χ1v) is 9.64. The summed E-state index contributed by atoms with van der Waals surface area (Å²) in [5, 5.41) is 10.4. The number of methoxy groups -OCH3 is 1. The SMILES string of the molecule is COc1ccc(C2(NC(=O)c3cc(-c4ccccn4)n[nH]3)CCCCC2)cc1. The van der Waals surface area contributed by atoms with Gasteiger partial charge in [-0.05, 0) is 48.7 Å². The Hall–Kier alpha value is -3.15. The number of rotatable bonds is 5. The van der Waals surface area contributed by atoms with E-state index in [9.17, 15) is 4.79 Å². The van der Waals surface area contributed by atoms with Crippen LogP contribution in [-0.2, 0) is 5.54 Å². The molecule has 0 unspecified atom stereocenters. The molecule has 1 amide bonds. The molecule has 6 heteroatoms. The van der Waals surface area contributed by atoms with Gasteiger partial charge in [0, 0.05) is 6.20 Å². The van der Waals surface area contributed by atoms with E-state index in [1.54, 1.807) is 19.4 Å². The second-order valence-corrected chi connectivity index (χ2v) is 7.21. The molecule has 0 saturated heterocycles. The number of amides is 1. The Morgan fingerprint density at radius 2 is 1.86 bits per heavy atom. The highest BCUT2D eigenvalue weighted by Gasteiger charge is 2.36. The molecular weight excluding hydrogens is 352 g/mol. The van der Waals surface area contributed by atoms with Crippen LogP contribution in [0.25, 0.3) is 11.4 Å². The number of H-pyrrole nitrogens is 1. The number of benzene rings is 1. The zero-order valence-electron chi connectivity index (χ0n) is 15.9. The van der Waals surface area contributed by atoms with Crippen LogP contribution in [0.2, 0.25) is 0 Å². The molecule has 0 bridgehead atoms. The van der Waals surface area contributed by atoms with Gasteiger partial charge in [0.05, 0.1) is 18.3 Å². The molecule has 1 aliphatic rings. The van der Waals surface area contributed by atoms with E-state index in [1.165, 1.54) is 6.42 Å². The number of carbonyl (C=O) groups is 1. The smallest absolute Gasteiger partial charge is 0.270 e. The van der Waals surface area contributed by atoms with Gasteiger partial charge in [-0.25, -0.2) is 0 Å². The Labute approximate surface area is 164 Å². The monoisotopic (exact) mass is 376 g/mol. The molecule has 2 heterocycles. The number of pyridine rings is 1. The minimum atomic E-state index is -0.363. The molecule has 1 aromatic carbocycles. The van der Waals surface area contributed by atoms with Crippen molar-refractivity contribution in [2.24, 2.45) is 0 Å². The first-order valence-electron chi connectivity index (χ1n) is 9.64. The highest BCUT2D eigenvalue weighted by Crippen LogP contribution is 2.38. The van der Waals surface area contributed by atoms with Gasteiger partial charge in [0.1, 0.15) is 17.1 Å². The van der Waals surface area contributed by atoms with Crippen molar-refractivity contribution < 1.29 is 9.53 Å². The lowest BCUT2D eigenvalue weighted by Crippen LogP contribution is -2.47. The van der Waals surface area contributed by atoms with Gasteiger partial charge in [0.25, 0.3) is 5.91 Å². The standard InChI is InChI=1S/C22H24N4O2/c1-28-17-10-8-16(9-11-17)22(12-4-2-5-13-22)24-21(27)20-15-19(25-26-20)18-7-3-6-14-23-18/h3,6-11,14-15H,2,4-5,12-13H2,1H3,(H,24,27)(H,25,26). The Bertz CT molecular complexity index is 929. The molecule has 1 saturated carbocycles. The number of carbonyl (C=O) groups excluding carboxylic acids is 1. The van der Waals surface area contributed by atoms with Crippen molar-refractivity contribution >= 4 is 5.91 Å². The average molecular weight is 376 g/mol.